The molecule has 5 nitrogen and oxygen atoms in total. The Balaban J connectivity index is 2.49. The van der Waals surface area contributed by atoms with Gasteiger partial charge in [-0.25, -0.2) is 0 Å². The van der Waals surface area contributed by atoms with E-state index in [4.69, 9.17) is 4.74 Å². The van der Waals surface area contributed by atoms with Crippen LogP contribution >= 0.6 is 0 Å². The van der Waals surface area contributed by atoms with Gasteiger partial charge >= 0.3 is 5.97 Å². The summed E-state index contributed by atoms with van der Waals surface area (Å²) in [6.45, 7) is 2.08. The number of carbonyl (C=O) groups is 1. The molecule has 15 heavy (non-hydrogen) atoms. The molecule has 1 saturated carbocycles. The summed E-state index contributed by atoms with van der Waals surface area (Å²) in [5.41, 5.74) is 0. The number of carbonyl (C=O) groups excluding carboxylic acids is 1. The molecular weight excluding hydrogens is 198 g/mol. The lowest BCUT2D eigenvalue weighted by Crippen LogP contribution is -2.33. The number of nitrogens with zero attached hydrogens (tertiary/aromatic N) is 1. The largest absolute Gasteiger partial charge is 0.466 e. The summed E-state index contributed by atoms with van der Waals surface area (Å²) in [6.07, 6.45) is 3.43. The van der Waals surface area contributed by atoms with Crippen molar-refractivity contribution in [2.75, 3.05) is 6.61 Å². The van der Waals surface area contributed by atoms with Gasteiger partial charge in [0.15, 0.2) is 0 Å². The zero-order valence-electron chi connectivity index (χ0n) is 8.98. The van der Waals surface area contributed by atoms with E-state index in [0.717, 1.165) is 19.3 Å². The molecule has 1 aliphatic rings. The van der Waals surface area contributed by atoms with Gasteiger partial charge in [-0.05, 0) is 19.8 Å². The Bertz CT molecular complexity index is 242. The standard InChI is InChI=1S/C10H17NO4/c1-2-15-10(12)7-8-5-3-4-6-9(8)11(13)14/h8-9H,2-7H2,1H3/t8-,9+/m1/s1. The number of ether oxygens (including phenoxy) is 1. The number of hydrogen-bond donors (Lipinski definition) is 0. The van der Waals surface area contributed by atoms with Crippen LogP contribution in [0.2, 0.25) is 0 Å². The van der Waals surface area contributed by atoms with Crippen LogP contribution in [0.5, 0.6) is 0 Å². The lowest BCUT2D eigenvalue weighted by Gasteiger charge is -2.24. The maximum absolute atomic E-state index is 11.2. The molecule has 0 bridgehead atoms. The first-order chi connectivity index (χ1) is 7.15. The summed E-state index contributed by atoms with van der Waals surface area (Å²) in [6, 6.07) is -0.553. The Morgan fingerprint density at radius 3 is 2.73 bits per heavy atom. The Hall–Kier alpha value is -1.13. The number of esters is 1. The quantitative estimate of drug-likeness (QED) is 0.407. The predicted octanol–water partition coefficient (Wildman–Crippen LogP) is 1.78. The van der Waals surface area contributed by atoms with Crippen molar-refractivity contribution >= 4 is 5.97 Å². The molecule has 0 aliphatic heterocycles. The average Bonchev–Trinajstić information content (AvgIpc) is 2.18. The maximum Gasteiger partial charge on any atom is 0.306 e. The maximum atomic E-state index is 11.2. The van der Waals surface area contributed by atoms with Gasteiger partial charge in [0.1, 0.15) is 0 Å². The fourth-order valence-corrected chi connectivity index (χ4v) is 2.14. The van der Waals surface area contributed by atoms with Gasteiger partial charge in [0.05, 0.1) is 13.0 Å². The zero-order valence-corrected chi connectivity index (χ0v) is 8.98. The Labute approximate surface area is 88.9 Å². The summed E-state index contributed by atoms with van der Waals surface area (Å²) >= 11 is 0. The van der Waals surface area contributed by atoms with Crippen LogP contribution in [-0.4, -0.2) is 23.5 Å². The van der Waals surface area contributed by atoms with Crippen molar-refractivity contribution in [1.82, 2.24) is 0 Å². The van der Waals surface area contributed by atoms with E-state index >= 15 is 0 Å². The lowest BCUT2D eigenvalue weighted by molar-refractivity contribution is -0.535. The highest BCUT2D eigenvalue weighted by molar-refractivity contribution is 5.69. The molecule has 1 rings (SSSR count). The van der Waals surface area contributed by atoms with Crippen LogP contribution in [0.1, 0.15) is 39.0 Å². The smallest absolute Gasteiger partial charge is 0.306 e. The first-order valence-electron chi connectivity index (χ1n) is 5.44. The Morgan fingerprint density at radius 1 is 1.47 bits per heavy atom. The highest BCUT2D eigenvalue weighted by atomic mass is 16.6. The molecule has 0 aromatic carbocycles. The monoisotopic (exact) mass is 215 g/mol. The van der Waals surface area contributed by atoms with Crippen LogP contribution in [0.3, 0.4) is 0 Å². The minimum absolute atomic E-state index is 0.132. The number of rotatable bonds is 4. The molecule has 86 valence electrons. The van der Waals surface area contributed by atoms with E-state index in [1.165, 1.54) is 0 Å². The van der Waals surface area contributed by atoms with Crippen LogP contribution in [0.4, 0.5) is 0 Å². The van der Waals surface area contributed by atoms with Crippen molar-refractivity contribution in [1.29, 1.82) is 0 Å². The van der Waals surface area contributed by atoms with Crippen molar-refractivity contribution in [3.8, 4) is 0 Å². The Kier molecular flexibility index (Phi) is 4.52. The fourth-order valence-electron chi connectivity index (χ4n) is 2.14. The van der Waals surface area contributed by atoms with Gasteiger partial charge in [-0.1, -0.05) is 6.42 Å². The number of hydrogen-bond acceptors (Lipinski definition) is 4. The van der Waals surface area contributed by atoms with Gasteiger partial charge in [-0.15, -0.1) is 0 Å². The minimum atomic E-state index is -0.553. The van der Waals surface area contributed by atoms with Crippen molar-refractivity contribution in [3.05, 3.63) is 10.1 Å². The Morgan fingerprint density at radius 2 is 2.13 bits per heavy atom. The first-order valence-corrected chi connectivity index (χ1v) is 5.44. The second-order valence-electron chi connectivity index (χ2n) is 3.91. The summed E-state index contributed by atoms with van der Waals surface area (Å²) in [4.78, 5) is 21.7. The van der Waals surface area contributed by atoms with Gasteiger partial charge in [-0.3, -0.25) is 14.9 Å². The van der Waals surface area contributed by atoms with Crippen LogP contribution in [-0.2, 0) is 9.53 Å². The number of nitro groups is 1. The van der Waals surface area contributed by atoms with E-state index < -0.39 is 6.04 Å². The molecule has 0 unspecified atom stereocenters. The molecule has 0 spiro atoms. The molecule has 0 saturated heterocycles. The second-order valence-corrected chi connectivity index (χ2v) is 3.91. The van der Waals surface area contributed by atoms with E-state index in [0.29, 0.717) is 13.0 Å². The van der Waals surface area contributed by atoms with Gasteiger partial charge < -0.3 is 4.74 Å². The highest BCUT2D eigenvalue weighted by Crippen LogP contribution is 2.29. The summed E-state index contributed by atoms with van der Waals surface area (Å²) in [7, 11) is 0. The summed E-state index contributed by atoms with van der Waals surface area (Å²) in [5.74, 6) is -0.441. The molecular formula is C10H17NO4. The van der Waals surface area contributed by atoms with Crippen LogP contribution < -0.4 is 0 Å². The van der Waals surface area contributed by atoms with Gasteiger partial charge in [0.2, 0.25) is 6.04 Å². The fraction of sp³-hybridized carbons (Fsp3) is 0.900. The minimum Gasteiger partial charge on any atom is -0.466 e. The molecule has 1 fully saturated rings. The molecule has 5 heteroatoms. The van der Waals surface area contributed by atoms with E-state index in [9.17, 15) is 14.9 Å². The van der Waals surface area contributed by atoms with Crippen LogP contribution in [0.15, 0.2) is 0 Å². The van der Waals surface area contributed by atoms with Crippen LogP contribution in [0, 0.1) is 16.0 Å². The highest BCUT2D eigenvalue weighted by Gasteiger charge is 2.35. The average molecular weight is 215 g/mol. The van der Waals surface area contributed by atoms with E-state index in [1.54, 1.807) is 6.92 Å². The van der Waals surface area contributed by atoms with Gasteiger partial charge in [0.25, 0.3) is 0 Å². The zero-order chi connectivity index (χ0) is 11.3. The molecule has 2 atom stereocenters. The van der Waals surface area contributed by atoms with Crippen molar-refractivity contribution in [3.63, 3.8) is 0 Å². The van der Waals surface area contributed by atoms with Gasteiger partial charge in [0, 0.05) is 17.3 Å². The van der Waals surface area contributed by atoms with Crippen molar-refractivity contribution in [2.24, 2.45) is 5.92 Å². The molecule has 0 amide bonds. The second kappa shape index (κ2) is 5.68. The molecule has 0 radical (unpaired) electrons. The summed E-state index contributed by atoms with van der Waals surface area (Å²) in [5, 5.41) is 10.8. The molecule has 0 aromatic heterocycles. The van der Waals surface area contributed by atoms with Crippen LogP contribution in [0.25, 0.3) is 0 Å². The van der Waals surface area contributed by atoms with Crippen molar-refractivity contribution < 1.29 is 14.5 Å². The molecule has 0 heterocycles. The third-order valence-electron chi connectivity index (χ3n) is 2.87. The molecule has 0 aromatic rings. The van der Waals surface area contributed by atoms with Gasteiger partial charge in [-0.2, -0.15) is 0 Å². The predicted molar refractivity (Wildman–Crippen MR) is 54.0 cm³/mol. The van der Waals surface area contributed by atoms with E-state index in [-0.39, 0.29) is 23.2 Å². The summed E-state index contributed by atoms with van der Waals surface area (Å²) < 4.78 is 4.81. The molecule has 0 N–H and O–H groups in total. The van der Waals surface area contributed by atoms with E-state index in [2.05, 4.69) is 0 Å². The van der Waals surface area contributed by atoms with Crippen molar-refractivity contribution in [2.45, 2.75) is 45.1 Å². The first kappa shape index (κ1) is 11.9. The topological polar surface area (TPSA) is 69.4 Å². The lowest BCUT2D eigenvalue weighted by atomic mass is 9.83. The molecule has 1 aliphatic carbocycles. The third-order valence-corrected chi connectivity index (χ3v) is 2.87. The van der Waals surface area contributed by atoms with E-state index in [1.807, 2.05) is 0 Å². The SMILES string of the molecule is CCOC(=O)C[C@H]1CCCC[C@@H]1[N+](=O)[O-]. The third kappa shape index (κ3) is 3.49. The normalized spacial score (nSPS) is 25.9.